The number of rotatable bonds is 5. The minimum absolute atomic E-state index is 0.0927. The molecule has 1 atom stereocenters. The Morgan fingerprint density at radius 3 is 2.17 bits per heavy atom. The van der Waals surface area contributed by atoms with Crippen LogP contribution in [0.5, 0.6) is 0 Å². The van der Waals surface area contributed by atoms with Crippen LogP contribution in [0.1, 0.15) is 11.1 Å². The van der Waals surface area contributed by atoms with Crippen molar-refractivity contribution < 1.29 is 9.90 Å². The summed E-state index contributed by atoms with van der Waals surface area (Å²) in [5.74, 6) is 0.451. The maximum atomic E-state index is 12.3. The van der Waals surface area contributed by atoms with Crippen molar-refractivity contribution in [3.8, 4) is 0 Å². The molecule has 124 valence electrons. The molecule has 2 aromatic carbocycles. The Balaban J connectivity index is 1.81. The number of amides is 1. The molecule has 3 N–H and O–H groups in total. The zero-order valence-electron chi connectivity index (χ0n) is 12.9. The third-order valence-electron chi connectivity index (χ3n) is 4.01. The van der Waals surface area contributed by atoms with Crippen LogP contribution in [-0.4, -0.2) is 33.7 Å². The van der Waals surface area contributed by atoms with Gasteiger partial charge in [0, 0.05) is 5.75 Å². The highest BCUT2D eigenvalue weighted by Crippen LogP contribution is 2.29. The molecule has 0 aliphatic carbocycles. The molecular weight excluding hydrogens is 340 g/mol. The summed E-state index contributed by atoms with van der Waals surface area (Å²) >= 11 is 6.51. The van der Waals surface area contributed by atoms with Crippen LogP contribution in [0.25, 0.3) is 0 Å². The van der Waals surface area contributed by atoms with Crippen molar-refractivity contribution in [3.05, 3.63) is 71.8 Å². The molecule has 3 rings (SSSR count). The summed E-state index contributed by atoms with van der Waals surface area (Å²) in [6.45, 7) is 0.0927. The number of hydrogen-bond donors (Lipinski definition) is 3. The van der Waals surface area contributed by atoms with E-state index in [1.165, 1.54) is 11.8 Å². The Bertz CT molecular complexity index is 683. The van der Waals surface area contributed by atoms with Crippen molar-refractivity contribution >= 4 is 34.2 Å². The molecular formula is C18H18N2O2S2. The molecule has 1 heterocycles. The van der Waals surface area contributed by atoms with Gasteiger partial charge in [0.1, 0.15) is 16.0 Å². The van der Waals surface area contributed by atoms with Crippen LogP contribution in [0.15, 0.2) is 60.7 Å². The summed E-state index contributed by atoms with van der Waals surface area (Å²) < 4.78 is 0.636. The van der Waals surface area contributed by atoms with E-state index in [0.717, 1.165) is 11.1 Å². The van der Waals surface area contributed by atoms with E-state index >= 15 is 0 Å². The molecule has 2 aromatic rings. The van der Waals surface area contributed by atoms with Crippen LogP contribution in [-0.2, 0) is 10.4 Å². The number of carbonyl (C=O) groups excluding carboxylic acids is 1. The van der Waals surface area contributed by atoms with E-state index in [4.69, 9.17) is 12.2 Å². The summed E-state index contributed by atoms with van der Waals surface area (Å²) in [6, 6.07) is 18.4. The second kappa shape index (κ2) is 7.34. The SMILES string of the molecule is O=C(NCC(O)(c1ccccc1)c1ccccc1)[C@@H]1CSC(=S)N1. The van der Waals surface area contributed by atoms with Gasteiger partial charge in [-0.15, -0.1) is 0 Å². The molecule has 1 fully saturated rings. The van der Waals surface area contributed by atoms with Gasteiger partial charge < -0.3 is 15.7 Å². The maximum absolute atomic E-state index is 12.3. The van der Waals surface area contributed by atoms with Crippen molar-refractivity contribution in [2.75, 3.05) is 12.3 Å². The minimum Gasteiger partial charge on any atom is -0.379 e. The Morgan fingerprint density at radius 2 is 1.71 bits per heavy atom. The lowest BCUT2D eigenvalue weighted by atomic mass is 9.86. The van der Waals surface area contributed by atoms with Gasteiger partial charge in [-0.05, 0) is 11.1 Å². The van der Waals surface area contributed by atoms with Gasteiger partial charge in [-0.1, -0.05) is 84.6 Å². The topological polar surface area (TPSA) is 61.4 Å². The van der Waals surface area contributed by atoms with Crippen LogP contribution in [0.4, 0.5) is 0 Å². The van der Waals surface area contributed by atoms with Gasteiger partial charge in [-0.25, -0.2) is 0 Å². The lowest BCUT2D eigenvalue weighted by Gasteiger charge is -2.30. The third kappa shape index (κ3) is 3.61. The molecule has 0 unspecified atom stereocenters. The lowest BCUT2D eigenvalue weighted by molar-refractivity contribution is -0.123. The van der Waals surface area contributed by atoms with E-state index < -0.39 is 5.60 Å². The van der Waals surface area contributed by atoms with Gasteiger partial charge in [0.2, 0.25) is 5.91 Å². The van der Waals surface area contributed by atoms with Gasteiger partial charge in [-0.3, -0.25) is 4.79 Å². The van der Waals surface area contributed by atoms with Gasteiger partial charge in [0.25, 0.3) is 0 Å². The molecule has 0 spiro atoms. The molecule has 1 amide bonds. The zero-order valence-corrected chi connectivity index (χ0v) is 14.6. The fraction of sp³-hybridized carbons (Fsp3) is 0.222. The molecule has 1 aliphatic rings. The van der Waals surface area contributed by atoms with Gasteiger partial charge >= 0.3 is 0 Å². The van der Waals surface area contributed by atoms with Crippen molar-refractivity contribution in [1.29, 1.82) is 0 Å². The van der Waals surface area contributed by atoms with Crippen molar-refractivity contribution in [2.45, 2.75) is 11.6 Å². The predicted molar refractivity (Wildman–Crippen MR) is 101 cm³/mol. The van der Waals surface area contributed by atoms with Gasteiger partial charge in [-0.2, -0.15) is 0 Å². The molecule has 1 aliphatic heterocycles. The number of aliphatic hydroxyl groups is 1. The largest absolute Gasteiger partial charge is 0.379 e. The molecule has 0 radical (unpaired) electrons. The first-order valence-electron chi connectivity index (χ1n) is 7.64. The Hall–Kier alpha value is -1.89. The van der Waals surface area contributed by atoms with E-state index in [9.17, 15) is 9.90 Å². The van der Waals surface area contributed by atoms with Crippen molar-refractivity contribution in [1.82, 2.24) is 10.6 Å². The average molecular weight is 358 g/mol. The summed E-state index contributed by atoms with van der Waals surface area (Å²) in [5, 5.41) is 17.2. The quantitative estimate of drug-likeness (QED) is 0.714. The van der Waals surface area contributed by atoms with E-state index in [1.54, 1.807) is 0 Å². The van der Waals surface area contributed by atoms with Crippen molar-refractivity contribution in [2.24, 2.45) is 0 Å². The smallest absolute Gasteiger partial charge is 0.243 e. The lowest BCUT2D eigenvalue weighted by Crippen LogP contribution is -2.48. The first-order chi connectivity index (χ1) is 11.6. The molecule has 24 heavy (non-hydrogen) atoms. The standard InChI is InChI=1S/C18H18N2O2S2/c21-16(15-11-24-17(23)20-15)19-12-18(22,13-7-3-1-4-8-13)14-9-5-2-6-10-14/h1-10,15,22H,11-12H2,(H,19,21)(H,20,23)/t15-/m0/s1. The first kappa shape index (κ1) is 17.0. The average Bonchev–Trinajstić information content (AvgIpc) is 3.07. The van der Waals surface area contributed by atoms with Crippen LogP contribution in [0, 0.1) is 0 Å². The van der Waals surface area contributed by atoms with Crippen LogP contribution >= 0.6 is 24.0 Å². The predicted octanol–water partition coefficient (Wildman–Crippen LogP) is 2.03. The van der Waals surface area contributed by atoms with E-state index in [-0.39, 0.29) is 18.5 Å². The Labute approximate surface area is 150 Å². The Morgan fingerprint density at radius 1 is 1.17 bits per heavy atom. The number of nitrogens with one attached hydrogen (secondary N) is 2. The number of benzene rings is 2. The molecule has 4 nitrogen and oxygen atoms in total. The monoisotopic (exact) mass is 358 g/mol. The second-order valence-electron chi connectivity index (χ2n) is 5.61. The molecule has 1 saturated heterocycles. The molecule has 0 aromatic heterocycles. The molecule has 0 bridgehead atoms. The highest BCUT2D eigenvalue weighted by molar-refractivity contribution is 8.23. The van der Waals surface area contributed by atoms with Crippen molar-refractivity contribution in [3.63, 3.8) is 0 Å². The highest BCUT2D eigenvalue weighted by atomic mass is 32.2. The fourth-order valence-electron chi connectivity index (χ4n) is 2.66. The van der Waals surface area contributed by atoms with Gasteiger partial charge in [0.05, 0.1) is 6.54 Å². The molecule has 0 saturated carbocycles. The number of carbonyl (C=O) groups is 1. The van der Waals surface area contributed by atoms with E-state index in [1.807, 2.05) is 60.7 Å². The second-order valence-corrected chi connectivity index (χ2v) is 7.30. The maximum Gasteiger partial charge on any atom is 0.243 e. The van der Waals surface area contributed by atoms with Gasteiger partial charge in [0.15, 0.2) is 0 Å². The van der Waals surface area contributed by atoms with E-state index in [2.05, 4.69) is 10.6 Å². The minimum atomic E-state index is -1.29. The number of hydrogen-bond acceptors (Lipinski definition) is 4. The number of thioether (sulfide) groups is 1. The normalized spacial score (nSPS) is 17.4. The fourth-order valence-corrected chi connectivity index (χ4v) is 3.79. The molecule has 6 heteroatoms. The summed E-state index contributed by atoms with van der Waals surface area (Å²) in [7, 11) is 0. The summed E-state index contributed by atoms with van der Waals surface area (Å²) in [5.41, 5.74) is 0.186. The zero-order chi connectivity index (χ0) is 17.0. The summed E-state index contributed by atoms with van der Waals surface area (Å²) in [6.07, 6.45) is 0. The number of thiocarbonyl (C=S) groups is 1. The highest BCUT2D eigenvalue weighted by Gasteiger charge is 2.33. The first-order valence-corrected chi connectivity index (χ1v) is 9.03. The van der Waals surface area contributed by atoms with E-state index in [0.29, 0.717) is 10.1 Å². The third-order valence-corrected chi connectivity index (χ3v) is 5.36. The summed E-state index contributed by atoms with van der Waals surface area (Å²) in [4.78, 5) is 12.3. The van der Waals surface area contributed by atoms with Crippen LogP contribution < -0.4 is 10.6 Å². The van der Waals surface area contributed by atoms with Crippen LogP contribution in [0.2, 0.25) is 0 Å². The Kier molecular flexibility index (Phi) is 5.18. The van der Waals surface area contributed by atoms with Crippen LogP contribution in [0.3, 0.4) is 0 Å².